The smallest absolute Gasteiger partial charge is 0.243 e. The first kappa shape index (κ1) is 20.7. The minimum absolute atomic E-state index is 0.138. The summed E-state index contributed by atoms with van der Waals surface area (Å²) in [7, 11) is -3.58. The van der Waals surface area contributed by atoms with E-state index in [1.54, 1.807) is 10.4 Å². The van der Waals surface area contributed by atoms with Gasteiger partial charge in [0.15, 0.2) is 11.5 Å². The second-order valence-electron chi connectivity index (χ2n) is 8.86. The molecule has 1 saturated heterocycles. The van der Waals surface area contributed by atoms with Gasteiger partial charge in [-0.2, -0.15) is 9.29 Å². The molecule has 6 rings (SSSR count). The van der Waals surface area contributed by atoms with Crippen molar-refractivity contribution in [2.75, 3.05) is 19.9 Å². The van der Waals surface area contributed by atoms with E-state index in [1.807, 2.05) is 30.3 Å². The summed E-state index contributed by atoms with van der Waals surface area (Å²) in [4.78, 5) is 4.97. The summed E-state index contributed by atoms with van der Waals surface area (Å²) >= 11 is 0. The number of rotatable bonds is 4. The van der Waals surface area contributed by atoms with Crippen LogP contribution in [0.5, 0.6) is 11.5 Å². The largest absolute Gasteiger partial charge is 0.454 e. The molecule has 3 heterocycles. The lowest BCUT2D eigenvalue weighted by Gasteiger charge is -2.30. The molecule has 9 heteroatoms. The lowest BCUT2D eigenvalue weighted by atomic mass is 9.92. The van der Waals surface area contributed by atoms with E-state index >= 15 is 0 Å². The molecule has 0 N–H and O–H groups in total. The molecule has 0 unspecified atom stereocenters. The zero-order valence-electron chi connectivity index (χ0n) is 18.2. The Labute approximate surface area is 192 Å². The van der Waals surface area contributed by atoms with Gasteiger partial charge in [0.25, 0.3) is 0 Å². The quantitative estimate of drug-likeness (QED) is 0.574. The van der Waals surface area contributed by atoms with Gasteiger partial charge in [-0.3, -0.25) is 0 Å². The van der Waals surface area contributed by atoms with Crippen LogP contribution < -0.4 is 9.47 Å². The summed E-state index contributed by atoms with van der Waals surface area (Å²) in [5.74, 6) is 2.13. The lowest BCUT2D eigenvalue weighted by molar-refractivity contribution is 0.174. The molecule has 0 amide bonds. The Balaban J connectivity index is 1.22. The fraction of sp³-hybridized carbons (Fsp3) is 0.417. The van der Waals surface area contributed by atoms with Gasteiger partial charge >= 0.3 is 0 Å². The number of sulfonamides is 1. The molecular formula is C24H25N3O5S. The minimum Gasteiger partial charge on any atom is -0.454 e. The molecule has 3 aromatic rings. The molecule has 1 aromatic heterocycles. The summed E-state index contributed by atoms with van der Waals surface area (Å²) < 4.78 is 44.7. The average Bonchev–Trinajstić information content (AvgIpc) is 3.53. The number of nitrogens with zero attached hydrogens (tertiary/aromatic N) is 3. The van der Waals surface area contributed by atoms with Crippen molar-refractivity contribution in [3.63, 3.8) is 0 Å². The van der Waals surface area contributed by atoms with Crippen LogP contribution >= 0.6 is 0 Å². The van der Waals surface area contributed by atoms with E-state index in [0.29, 0.717) is 41.2 Å². The maximum Gasteiger partial charge on any atom is 0.243 e. The summed E-state index contributed by atoms with van der Waals surface area (Å²) in [5, 5.41) is 4.13. The van der Waals surface area contributed by atoms with Crippen LogP contribution in [-0.2, 0) is 22.9 Å². The molecule has 0 bridgehead atoms. The fourth-order valence-electron chi connectivity index (χ4n) is 4.94. The molecule has 8 nitrogen and oxygen atoms in total. The van der Waals surface area contributed by atoms with Gasteiger partial charge < -0.3 is 14.0 Å². The molecule has 0 radical (unpaired) electrons. The molecule has 2 aromatic carbocycles. The van der Waals surface area contributed by atoms with Crippen molar-refractivity contribution in [2.24, 2.45) is 0 Å². The Hall–Kier alpha value is -2.91. The number of aryl methyl sites for hydroxylation is 2. The van der Waals surface area contributed by atoms with Crippen molar-refractivity contribution in [3.05, 3.63) is 53.4 Å². The molecule has 0 spiro atoms. The Kier molecular flexibility index (Phi) is 5.10. The number of hydrogen-bond acceptors (Lipinski definition) is 7. The second kappa shape index (κ2) is 8.14. The van der Waals surface area contributed by atoms with E-state index in [9.17, 15) is 8.42 Å². The minimum atomic E-state index is -3.58. The standard InChI is InChI=1S/C24H25N3O5S/c28-33(29,20-9-7-16-4-1-2-5-17(16)12-20)27-11-3-6-19(14-27)24-25-23(26-32-24)18-8-10-21-22(13-18)31-15-30-21/h7-10,12-13,19H,1-6,11,14-15H2/t19-/m0/s1. The third kappa shape index (κ3) is 3.79. The molecule has 33 heavy (non-hydrogen) atoms. The molecule has 2 aliphatic heterocycles. The third-order valence-corrected chi connectivity index (χ3v) is 8.62. The summed E-state index contributed by atoms with van der Waals surface area (Å²) in [6.45, 7) is 1.04. The molecule has 1 aliphatic carbocycles. The van der Waals surface area contributed by atoms with Gasteiger partial charge in [-0.1, -0.05) is 11.2 Å². The lowest BCUT2D eigenvalue weighted by Crippen LogP contribution is -2.39. The number of piperidine rings is 1. The van der Waals surface area contributed by atoms with Crippen molar-refractivity contribution in [1.29, 1.82) is 0 Å². The van der Waals surface area contributed by atoms with Gasteiger partial charge in [-0.25, -0.2) is 8.42 Å². The molecular weight excluding hydrogens is 442 g/mol. The Morgan fingerprint density at radius 1 is 0.939 bits per heavy atom. The fourth-order valence-corrected chi connectivity index (χ4v) is 6.51. The normalized spacial score (nSPS) is 20.5. The third-order valence-electron chi connectivity index (χ3n) is 6.76. The molecule has 0 saturated carbocycles. The zero-order chi connectivity index (χ0) is 22.4. The van der Waals surface area contributed by atoms with E-state index < -0.39 is 10.0 Å². The van der Waals surface area contributed by atoms with Crippen molar-refractivity contribution in [1.82, 2.24) is 14.4 Å². The van der Waals surface area contributed by atoms with Gasteiger partial charge in [0.2, 0.25) is 28.5 Å². The number of benzene rings is 2. The van der Waals surface area contributed by atoms with Crippen molar-refractivity contribution < 1.29 is 22.4 Å². The first-order valence-corrected chi connectivity index (χ1v) is 12.9. The van der Waals surface area contributed by atoms with Crippen LogP contribution in [0.3, 0.4) is 0 Å². The predicted octanol–water partition coefficient (Wildman–Crippen LogP) is 3.91. The monoisotopic (exact) mass is 467 g/mol. The Morgan fingerprint density at radius 3 is 2.70 bits per heavy atom. The molecule has 3 aliphatic rings. The van der Waals surface area contributed by atoms with Crippen LogP contribution in [0.4, 0.5) is 0 Å². The topological polar surface area (TPSA) is 94.8 Å². The number of fused-ring (bicyclic) bond motifs is 2. The number of hydrogen-bond donors (Lipinski definition) is 0. The van der Waals surface area contributed by atoms with Crippen molar-refractivity contribution in [3.8, 4) is 22.9 Å². The van der Waals surface area contributed by atoms with Gasteiger partial charge in [-0.05, 0) is 80.0 Å². The van der Waals surface area contributed by atoms with E-state index in [1.165, 1.54) is 17.5 Å². The van der Waals surface area contributed by atoms with Crippen LogP contribution in [0.25, 0.3) is 11.4 Å². The highest BCUT2D eigenvalue weighted by molar-refractivity contribution is 7.89. The van der Waals surface area contributed by atoms with Crippen LogP contribution in [-0.4, -0.2) is 42.7 Å². The van der Waals surface area contributed by atoms with Crippen molar-refractivity contribution in [2.45, 2.75) is 49.3 Å². The van der Waals surface area contributed by atoms with Gasteiger partial charge in [0.1, 0.15) is 0 Å². The highest BCUT2D eigenvalue weighted by atomic mass is 32.2. The summed E-state index contributed by atoms with van der Waals surface area (Å²) in [6, 6.07) is 11.1. The van der Waals surface area contributed by atoms with E-state index in [0.717, 1.165) is 37.7 Å². The Bertz CT molecular complexity index is 1300. The van der Waals surface area contributed by atoms with Gasteiger partial charge in [0, 0.05) is 18.7 Å². The summed E-state index contributed by atoms with van der Waals surface area (Å²) in [6.07, 6.45) is 5.82. The molecule has 172 valence electrons. The maximum absolute atomic E-state index is 13.4. The van der Waals surface area contributed by atoms with Crippen LogP contribution in [0.15, 0.2) is 45.8 Å². The first-order chi connectivity index (χ1) is 16.1. The SMILES string of the molecule is O=S(=O)(c1ccc2c(c1)CCCC2)N1CCC[C@H](c2nc(-c3ccc4c(c3)OCO4)no2)C1. The van der Waals surface area contributed by atoms with Gasteiger partial charge in [-0.15, -0.1) is 0 Å². The average molecular weight is 468 g/mol. The van der Waals surface area contributed by atoms with E-state index in [2.05, 4.69) is 10.1 Å². The highest BCUT2D eigenvalue weighted by Gasteiger charge is 2.34. The Morgan fingerprint density at radius 2 is 1.79 bits per heavy atom. The number of ether oxygens (including phenoxy) is 2. The number of aromatic nitrogens is 2. The molecule has 1 atom stereocenters. The second-order valence-corrected chi connectivity index (χ2v) is 10.8. The van der Waals surface area contributed by atoms with Crippen LogP contribution in [0.2, 0.25) is 0 Å². The zero-order valence-corrected chi connectivity index (χ0v) is 19.0. The highest BCUT2D eigenvalue weighted by Crippen LogP contribution is 2.36. The van der Waals surface area contributed by atoms with Crippen molar-refractivity contribution >= 4 is 10.0 Å². The van der Waals surface area contributed by atoms with Crippen LogP contribution in [0, 0.1) is 0 Å². The summed E-state index contributed by atoms with van der Waals surface area (Å²) in [5.41, 5.74) is 3.21. The maximum atomic E-state index is 13.4. The van der Waals surface area contributed by atoms with Crippen LogP contribution in [0.1, 0.15) is 48.6 Å². The molecule has 1 fully saturated rings. The predicted molar refractivity (Wildman–Crippen MR) is 120 cm³/mol. The van der Waals surface area contributed by atoms with E-state index in [-0.39, 0.29) is 12.7 Å². The first-order valence-electron chi connectivity index (χ1n) is 11.4. The van der Waals surface area contributed by atoms with Gasteiger partial charge in [0.05, 0.1) is 10.8 Å². The van der Waals surface area contributed by atoms with E-state index in [4.69, 9.17) is 14.0 Å².